The minimum absolute atomic E-state index is 0.250. The van der Waals surface area contributed by atoms with Gasteiger partial charge in [0.15, 0.2) is 5.84 Å². The lowest BCUT2D eigenvalue weighted by molar-refractivity contribution is -0.154. The lowest BCUT2D eigenvalue weighted by Gasteiger charge is -2.19. The molecule has 0 saturated carbocycles. The Labute approximate surface area is 108 Å². The van der Waals surface area contributed by atoms with Gasteiger partial charge < -0.3 is 16.3 Å². The van der Waals surface area contributed by atoms with E-state index in [4.69, 9.17) is 10.9 Å². The Balaban J connectivity index is 2.61. The molecule has 1 unspecified atom stereocenters. The molecule has 0 radical (unpaired) electrons. The van der Waals surface area contributed by atoms with Crippen LogP contribution in [0.5, 0.6) is 0 Å². The predicted octanol–water partition coefficient (Wildman–Crippen LogP) is 1.40. The first-order valence-corrected chi connectivity index (χ1v) is 5.50. The van der Waals surface area contributed by atoms with E-state index in [0.717, 1.165) is 11.1 Å². The van der Waals surface area contributed by atoms with E-state index in [1.54, 1.807) is 18.5 Å². The number of aromatic nitrogens is 1. The fraction of sp³-hybridized carbons (Fsp3) is 0.455. The van der Waals surface area contributed by atoms with Gasteiger partial charge in [-0.15, -0.1) is 0 Å². The number of aryl methyl sites for hydroxylation is 1. The Bertz CT molecular complexity index is 448. The molecule has 0 amide bonds. The van der Waals surface area contributed by atoms with Crippen LogP contribution in [0, 0.1) is 12.8 Å². The van der Waals surface area contributed by atoms with Crippen LogP contribution in [0.15, 0.2) is 23.6 Å². The predicted molar refractivity (Wildman–Crippen MR) is 63.6 cm³/mol. The molecule has 8 heteroatoms. The minimum atomic E-state index is -4.56. The molecule has 0 fully saturated rings. The van der Waals surface area contributed by atoms with Gasteiger partial charge in [0.2, 0.25) is 0 Å². The quantitative estimate of drug-likeness (QED) is 0.328. The van der Waals surface area contributed by atoms with Crippen LogP contribution in [0.2, 0.25) is 0 Å². The molecule has 0 spiro atoms. The number of hydrogen-bond acceptors (Lipinski definition) is 4. The summed E-state index contributed by atoms with van der Waals surface area (Å²) in [6.07, 6.45) is -1.37. The number of hydrogen-bond donors (Lipinski definition) is 3. The third-order valence-corrected chi connectivity index (χ3v) is 2.67. The van der Waals surface area contributed by atoms with Gasteiger partial charge in [0.1, 0.15) is 5.92 Å². The SMILES string of the molecule is Cc1cnccc1CNCC(/C(N)=N/O)C(F)(F)F. The molecule has 1 atom stereocenters. The summed E-state index contributed by atoms with van der Waals surface area (Å²) in [5, 5.41) is 13.4. The molecule has 0 aliphatic heterocycles. The molecule has 19 heavy (non-hydrogen) atoms. The minimum Gasteiger partial charge on any atom is -0.409 e. The Morgan fingerprint density at radius 3 is 2.79 bits per heavy atom. The molecule has 106 valence electrons. The maximum atomic E-state index is 12.6. The first-order chi connectivity index (χ1) is 8.86. The van der Waals surface area contributed by atoms with Gasteiger partial charge in [-0.2, -0.15) is 13.2 Å². The van der Waals surface area contributed by atoms with E-state index in [2.05, 4.69) is 15.5 Å². The summed E-state index contributed by atoms with van der Waals surface area (Å²) in [5.41, 5.74) is 6.76. The maximum absolute atomic E-state index is 12.6. The summed E-state index contributed by atoms with van der Waals surface area (Å²) >= 11 is 0. The van der Waals surface area contributed by atoms with Gasteiger partial charge in [0.05, 0.1) is 0 Å². The number of amidine groups is 1. The van der Waals surface area contributed by atoms with Crippen molar-refractivity contribution in [3.8, 4) is 0 Å². The summed E-state index contributed by atoms with van der Waals surface area (Å²) in [5.74, 6) is -2.87. The fourth-order valence-corrected chi connectivity index (χ4v) is 1.51. The van der Waals surface area contributed by atoms with E-state index < -0.39 is 24.5 Å². The van der Waals surface area contributed by atoms with Crippen molar-refractivity contribution in [3.05, 3.63) is 29.6 Å². The topological polar surface area (TPSA) is 83.5 Å². The molecule has 1 aromatic heterocycles. The normalized spacial score (nSPS) is 14.4. The Hall–Kier alpha value is -1.83. The van der Waals surface area contributed by atoms with Crippen LogP contribution in [0.25, 0.3) is 0 Å². The van der Waals surface area contributed by atoms with Gasteiger partial charge in [-0.05, 0) is 24.1 Å². The van der Waals surface area contributed by atoms with E-state index in [1.807, 2.05) is 6.92 Å². The average Bonchev–Trinajstić information content (AvgIpc) is 2.34. The van der Waals surface area contributed by atoms with Crippen LogP contribution in [-0.2, 0) is 6.54 Å². The van der Waals surface area contributed by atoms with Crippen molar-refractivity contribution in [2.75, 3.05) is 6.54 Å². The highest BCUT2D eigenvalue weighted by molar-refractivity contribution is 5.83. The number of rotatable bonds is 5. The molecule has 1 heterocycles. The Morgan fingerprint density at radius 2 is 2.26 bits per heavy atom. The number of nitrogens with one attached hydrogen (secondary N) is 1. The van der Waals surface area contributed by atoms with Crippen LogP contribution >= 0.6 is 0 Å². The van der Waals surface area contributed by atoms with Crippen molar-refractivity contribution < 1.29 is 18.4 Å². The van der Waals surface area contributed by atoms with Crippen molar-refractivity contribution in [3.63, 3.8) is 0 Å². The summed E-state index contributed by atoms with van der Waals surface area (Å²) in [6, 6.07) is 1.72. The molecule has 1 rings (SSSR count). The Morgan fingerprint density at radius 1 is 1.58 bits per heavy atom. The van der Waals surface area contributed by atoms with E-state index in [0.29, 0.717) is 0 Å². The molecular formula is C11H15F3N4O. The first-order valence-electron chi connectivity index (χ1n) is 5.50. The molecule has 0 aromatic carbocycles. The van der Waals surface area contributed by atoms with Crippen LogP contribution in [0.4, 0.5) is 13.2 Å². The molecular weight excluding hydrogens is 261 g/mol. The Kier molecular flexibility index (Phi) is 5.11. The molecule has 5 nitrogen and oxygen atoms in total. The van der Waals surface area contributed by atoms with Crippen LogP contribution in [0.1, 0.15) is 11.1 Å². The highest BCUT2D eigenvalue weighted by Gasteiger charge is 2.42. The molecule has 0 bridgehead atoms. The van der Waals surface area contributed by atoms with Crippen molar-refractivity contribution in [1.82, 2.24) is 10.3 Å². The van der Waals surface area contributed by atoms with Crippen molar-refractivity contribution >= 4 is 5.84 Å². The summed E-state index contributed by atoms with van der Waals surface area (Å²) in [6.45, 7) is 1.61. The van der Waals surface area contributed by atoms with Gasteiger partial charge in [-0.1, -0.05) is 5.16 Å². The number of nitrogens with two attached hydrogens (primary N) is 1. The molecule has 4 N–H and O–H groups in total. The zero-order valence-electron chi connectivity index (χ0n) is 10.3. The molecule has 0 aliphatic rings. The van der Waals surface area contributed by atoms with Gasteiger partial charge in [0, 0.05) is 25.5 Å². The van der Waals surface area contributed by atoms with Gasteiger partial charge in [-0.3, -0.25) is 4.98 Å². The number of alkyl halides is 3. The number of halogens is 3. The van der Waals surface area contributed by atoms with Gasteiger partial charge >= 0.3 is 6.18 Å². The zero-order chi connectivity index (χ0) is 14.5. The standard InChI is InChI=1S/C11H15F3N4O/c1-7-4-16-3-2-8(7)5-17-6-9(10(15)18-19)11(12,13)14/h2-4,9,17,19H,5-6H2,1H3,(H2,15,18). The first kappa shape index (κ1) is 15.2. The van der Waals surface area contributed by atoms with Crippen LogP contribution in [-0.4, -0.2) is 28.7 Å². The summed E-state index contributed by atoms with van der Waals surface area (Å²) < 4.78 is 37.9. The van der Waals surface area contributed by atoms with E-state index in [1.165, 1.54) is 0 Å². The number of pyridine rings is 1. The van der Waals surface area contributed by atoms with E-state index in [-0.39, 0.29) is 6.54 Å². The maximum Gasteiger partial charge on any atom is 0.400 e. The fourth-order valence-electron chi connectivity index (χ4n) is 1.51. The van der Waals surface area contributed by atoms with Crippen LogP contribution < -0.4 is 11.1 Å². The highest BCUT2D eigenvalue weighted by Crippen LogP contribution is 2.25. The molecule has 0 aliphatic carbocycles. The summed E-state index contributed by atoms with van der Waals surface area (Å²) in [7, 11) is 0. The highest BCUT2D eigenvalue weighted by atomic mass is 19.4. The van der Waals surface area contributed by atoms with E-state index >= 15 is 0 Å². The van der Waals surface area contributed by atoms with Crippen molar-refractivity contribution in [2.24, 2.45) is 16.8 Å². The summed E-state index contributed by atoms with van der Waals surface area (Å²) in [4.78, 5) is 3.89. The second-order valence-corrected chi connectivity index (χ2v) is 4.05. The zero-order valence-corrected chi connectivity index (χ0v) is 10.3. The number of nitrogens with zero attached hydrogens (tertiary/aromatic N) is 2. The second kappa shape index (κ2) is 6.37. The van der Waals surface area contributed by atoms with Crippen molar-refractivity contribution in [2.45, 2.75) is 19.6 Å². The number of oxime groups is 1. The molecule has 1 aromatic rings. The lowest BCUT2D eigenvalue weighted by Crippen LogP contribution is -2.42. The van der Waals surface area contributed by atoms with Gasteiger partial charge in [-0.25, -0.2) is 0 Å². The monoisotopic (exact) mass is 276 g/mol. The van der Waals surface area contributed by atoms with Gasteiger partial charge in [0.25, 0.3) is 0 Å². The smallest absolute Gasteiger partial charge is 0.400 e. The second-order valence-electron chi connectivity index (χ2n) is 4.05. The van der Waals surface area contributed by atoms with Crippen LogP contribution in [0.3, 0.4) is 0 Å². The van der Waals surface area contributed by atoms with E-state index in [9.17, 15) is 13.2 Å². The largest absolute Gasteiger partial charge is 0.409 e. The third kappa shape index (κ3) is 4.40. The average molecular weight is 276 g/mol. The molecule has 0 saturated heterocycles. The third-order valence-electron chi connectivity index (χ3n) is 2.67. The lowest BCUT2D eigenvalue weighted by atomic mass is 10.1. The van der Waals surface area contributed by atoms with Crippen molar-refractivity contribution in [1.29, 1.82) is 0 Å².